The highest BCUT2D eigenvalue weighted by molar-refractivity contribution is 6.30. The predicted octanol–water partition coefficient (Wildman–Crippen LogP) is 4.17. The number of nitrogens with zero attached hydrogens (tertiary/aromatic N) is 1. The average Bonchev–Trinajstić information content (AvgIpc) is 2.47. The lowest BCUT2D eigenvalue weighted by Gasteiger charge is -2.33. The molecule has 2 aromatic carbocycles. The largest absolute Gasteiger partial charge is 0.329 e. The molecular formula is C17H20ClFN2. The van der Waals surface area contributed by atoms with Gasteiger partial charge in [-0.15, -0.1) is 0 Å². The molecule has 0 aliphatic heterocycles. The minimum Gasteiger partial charge on any atom is -0.329 e. The second kappa shape index (κ2) is 7.03. The summed E-state index contributed by atoms with van der Waals surface area (Å²) < 4.78 is 13.4. The van der Waals surface area contributed by atoms with E-state index in [1.807, 2.05) is 37.4 Å². The normalized spacial score (nSPS) is 14.2. The molecule has 2 unspecified atom stereocenters. The van der Waals surface area contributed by atoms with Gasteiger partial charge in [-0.2, -0.15) is 0 Å². The average molecular weight is 307 g/mol. The lowest BCUT2D eigenvalue weighted by Crippen LogP contribution is -2.32. The standard InChI is InChI=1S/C17H20ClFN2/c1-12(13-5-3-7-15(18)9-13)21(2)17(11-20)14-6-4-8-16(19)10-14/h3-10,12,17H,11,20H2,1-2H3. The molecule has 2 N–H and O–H groups in total. The first-order valence-corrected chi connectivity index (χ1v) is 7.33. The molecule has 0 aromatic heterocycles. The van der Waals surface area contributed by atoms with Crippen LogP contribution in [0.1, 0.15) is 30.1 Å². The van der Waals surface area contributed by atoms with Crippen LogP contribution in [0.4, 0.5) is 4.39 Å². The van der Waals surface area contributed by atoms with Crippen LogP contribution in [-0.4, -0.2) is 18.5 Å². The summed E-state index contributed by atoms with van der Waals surface area (Å²) in [6.07, 6.45) is 0. The Bertz CT molecular complexity index is 603. The molecule has 2 rings (SSSR count). The van der Waals surface area contributed by atoms with E-state index in [-0.39, 0.29) is 17.9 Å². The number of halogens is 2. The van der Waals surface area contributed by atoms with Gasteiger partial charge in [0.1, 0.15) is 5.82 Å². The summed E-state index contributed by atoms with van der Waals surface area (Å²) in [6, 6.07) is 14.4. The van der Waals surface area contributed by atoms with E-state index in [4.69, 9.17) is 17.3 Å². The Morgan fingerprint density at radius 2 is 1.81 bits per heavy atom. The van der Waals surface area contributed by atoms with E-state index in [9.17, 15) is 4.39 Å². The molecule has 0 amide bonds. The maximum absolute atomic E-state index is 13.4. The van der Waals surface area contributed by atoms with Crippen LogP contribution in [0.15, 0.2) is 48.5 Å². The summed E-state index contributed by atoms with van der Waals surface area (Å²) >= 11 is 6.05. The van der Waals surface area contributed by atoms with Gasteiger partial charge in [-0.05, 0) is 49.4 Å². The van der Waals surface area contributed by atoms with Crippen LogP contribution in [0.25, 0.3) is 0 Å². The van der Waals surface area contributed by atoms with Gasteiger partial charge in [0.05, 0.1) is 0 Å². The van der Waals surface area contributed by atoms with E-state index in [1.165, 1.54) is 6.07 Å². The van der Waals surface area contributed by atoms with Gasteiger partial charge in [-0.25, -0.2) is 4.39 Å². The zero-order valence-corrected chi connectivity index (χ0v) is 13.0. The number of benzene rings is 2. The smallest absolute Gasteiger partial charge is 0.123 e. The Kier molecular flexibility index (Phi) is 5.34. The van der Waals surface area contributed by atoms with Crippen molar-refractivity contribution in [2.75, 3.05) is 13.6 Å². The van der Waals surface area contributed by atoms with Crippen molar-refractivity contribution in [3.8, 4) is 0 Å². The van der Waals surface area contributed by atoms with E-state index < -0.39 is 0 Å². The SMILES string of the molecule is CC(c1cccc(Cl)c1)N(C)C(CN)c1cccc(F)c1. The lowest BCUT2D eigenvalue weighted by atomic mass is 10.0. The van der Waals surface area contributed by atoms with E-state index in [1.54, 1.807) is 12.1 Å². The van der Waals surface area contributed by atoms with E-state index in [0.717, 1.165) is 11.1 Å². The molecule has 0 radical (unpaired) electrons. The fraction of sp³-hybridized carbons (Fsp3) is 0.294. The molecule has 2 nitrogen and oxygen atoms in total. The topological polar surface area (TPSA) is 29.3 Å². The van der Waals surface area contributed by atoms with Gasteiger partial charge in [0.2, 0.25) is 0 Å². The molecule has 4 heteroatoms. The molecule has 0 bridgehead atoms. The van der Waals surface area contributed by atoms with Crippen molar-refractivity contribution in [3.63, 3.8) is 0 Å². The first-order valence-electron chi connectivity index (χ1n) is 6.96. The second-order valence-corrected chi connectivity index (χ2v) is 5.64. The van der Waals surface area contributed by atoms with Gasteiger partial charge in [-0.3, -0.25) is 4.90 Å². The third-order valence-electron chi connectivity index (χ3n) is 3.89. The van der Waals surface area contributed by atoms with E-state index in [2.05, 4.69) is 11.8 Å². The highest BCUT2D eigenvalue weighted by atomic mass is 35.5. The van der Waals surface area contributed by atoms with Crippen molar-refractivity contribution in [1.82, 2.24) is 4.90 Å². The quantitative estimate of drug-likeness (QED) is 0.898. The first kappa shape index (κ1) is 16.0. The van der Waals surface area contributed by atoms with Gasteiger partial charge >= 0.3 is 0 Å². The lowest BCUT2D eigenvalue weighted by molar-refractivity contribution is 0.190. The maximum Gasteiger partial charge on any atom is 0.123 e. The minimum absolute atomic E-state index is 0.0466. The van der Waals surface area contributed by atoms with Crippen molar-refractivity contribution in [2.24, 2.45) is 5.73 Å². The zero-order chi connectivity index (χ0) is 15.4. The second-order valence-electron chi connectivity index (χ2n) is 5.20. The van der Waals surface area contributed by atoms with Crippen molar-refractivity contribution < 1.29 is 4.39 Å². The summed E-state index contributed by atoms with van der Waals surface area (Å²) in [5, 5.41) is 0.711. The van der Waals surface area contributed by atoms with Gasteiger partial charge in [0, 0.05) is 23.7 Å². The summed E-state index contributed by atoms with van der Waals surface area (Å²) in [4.78, 5) is 2.14. The Balaban J connectivity index is 2.25. The van der Waals surface area contributed by atoms with Gasteiger partial charge in [0.25, 0.3) is 0 Å². The Hall–Kier alpha value is -1.42. The van der Waals surface area contributed by atoms with Crippen LogP contribution < -0.4 is 5.73 Å². The van der Waals surface area contributed by atoms with Crippen LogP contribution in [0.3, 0.4) is 0 Å². The summed E-state index contributed by atoms with van der Waals surface area (Å²) in [5.74, 6) is -0.241. The molecule has 2 aromatic rings. The number of rotatable bonds is 5. The predicted molar refractivity (Wildman–Crippen MR) is 85.8 cm³/mol. The first-order chi connectivity index (χ1) is 10.0. The highest BCUT2D eigenvalue weighted by Gasteiger charge is 2.21. The third-order valence-corrected chi connectivity index (χ3v) is 4.13. The molecule has 2 atom stereocenters. The molecule has 21 heavy (non-hydrogen) atoms. The Labute approximate surface area is 130 Å². The van der Waals surface area contributed by atoms with Crippen LogP contribution in [-0.2, 0) is 0 Å². The van der Waals surface area contributed by atoms with Crippen LogP contribution >= 0.6 is 11.6 Å². The fourth-order valence-corrected chi connectivity index (χ4v) is 2.72. The third kappa shape index (κ3) is 3.82. The van der Waals surface area contributed by atoms with E-state index in [0.29, 0.717) is 11.6 Å². The molecular weight excluding hydrogens is 287 g/mol. The molecule has 0 aliphatic rings. The number of hydrogen-bond acceptors (Lipinski definition) is 2. The summed E-state index contributed by atoms with van der Waals surface area (Å²) in [6.45, 7) is 2.51. The Morgan fingerprint density at radius 1 is 1.14 bits per heavy atom. The van der Waals surface area contributed by atoms with Crippen molar-refractivity contribution in [1.29, 1.82) is 0 Å². The van der Waals surface area contributed by atoms with Crippen LogP contribution in [0.2, 0.25) is 5.02 Å². The molecule has 0 aliphatic carbocycles. The minimum atomic E-state index is -0.241. The van der Waals surface area contributed by atoms with E-state index >= 15 is 0 Å². The van der Waals surface area contributed by atoms with Crippen molar-refractivity contribution >= 4 is 11.6 Å². The fourth-order valence-electron chi connectivity index (χ4n) is 2.52. The Morgan fingerprint density at radius 3 is 2.43 bits per heavy atom. The summed E-state index contributed by atoms with van der Waals surface area (Å²) in [5.41, 5.74) is 7.91. The van der Waals surface area contributed by atoms with Crippen LogP contribution in [0, 0.1) is 5.82 Å². The van der Waals surface area contributed by atoms with Crippen molar-refractivity contribution in [2.45, 2.75) is 19.0 Å². The molecule has 0 spiro atoms. The van der Waals surface area contributed by atoms with Gasteiger partial charge < -0.3 is 5.73 Å². The number of hydrogen-bond donors (Lipinski definition) is 1. The summed E-state index contributed by atoms with van der Waals surface area (Å²) in [7, 11) is 1.99. The maximum atomic E-state index is 13.4. The molecule has 0 heterocycles. The zero-order valence-electron chi connectivity index (χ0n) is 12.3. The highest BCUT2D eigenvalue weighted by Crippen LogP contribution is 2.29. The van der Waals surface area contributed by atoms with Gasteiger partial charge in [-0.1, -0.05) is 35.9 Å². The molecule has 0 saturated heterocycles. The monoisotopic (exact) mass is 306 g/mol. The molecule has 0 fully saturated rings. The van der Waals surface area contributed by atoms with Crippen molar-refractivity contribution in [3.05, 3.63) is 70.5 Å². The molecule has 112 valence electrons. The number of nitrogens with two attached hydrogens (primary N) is 1. The number of likely N-dealkylation sites (N-methyl/N-ethyl adjacent to an activating group) is 1. The van der Waals surface area contributed by atoms with Crippen LogP contribution in [0.5, 0.6) is 0 Å². The molecule has 0 saturated carbocycles. The van der Waals surface area contributed by atoms with Gasteiger partial charge in [0.15, 0.2) is 0 Å².